The van der Waals surface area contributed by atoms with Crippen molar-refractivity contribution in [3.8, 4) is 5.75 Å². The van der Waals surface area contributed by atoms with E-state index in [4.69, 9.17) is 4.74 Å². The Morgan fingerprint density at radius 1 is 1.07 bits per heavy atom. The minimum absolute atomic E-state index is 0.123. The Hall–Kier alpha value is -3.21. The van der Waals surface area contributed by atoms with Gasteiger partial charge in [0, 0.05) is 25.0 Å². The van der Waals surface area contributed by atoms with Crippen LogP contribution in [0.1, 0.15) is 28.4 Å². The van der Waals surface area contributed by atoms with Gasteiger partial charge in [-0.3, -0.25) is 0 Å². The van der Waals surface area contributed by atoms with Gasteiger partial charge in [-0.05, 0) is 49.2 Å². The summed E-state index contributed by atoms with van der Waals surface area (Å²) in [6.07, 6.45) is 2.08. The Labute approximate surface area is 165 Å². The predicted octanol–water partition coefficient (Wildman–Crippen LogP) is 4.75. The Bertz CT molecular complexity index is 1010. The van der Waals surface area contributed by atoms with Crippen LogP contribution in [-0.2, 0) is 6.54 Å². The average molecular weight is 375 g/mol. The fourth-order valence-electron chi connectivity index (χ4n) is 4.00. The fourth-order valence-corrected chi connectivity index (χ4v) is 4.00. The highest BCUT2D eigenvalue weighted by Crippen LogP contribution is 2.35. The van der Waals surface area contributed by atoms with E-state index in [1.165, 1.54) is 11.1 Å². The summed E-state index contributed by atoms with van der Waals surface area (Å²) < 4.78 is 7.62. The molecule has 0 spiro atoms. The van der Waals surface area contributed by atoms with Crippen LogP contribution in [0.4, 0.5) is 10.5 Å². The first-order chi connectivity index (χ1) is 13.6. The molecule has 3 aromatic rings. The molecule has 1 aromatic heterocycles. The zero-order chi connectivity index (χ0) is 19.7. The molecule has 1 aliphatic rings. The highest BCUT2D eigenvalue weighted by Gasteiger charge is 2.33. The lowest BCUT2D eigenvalue weighted by Gasteiger charge is -2.38. The summed E-state index contributed by atoms with van der Waals surface area (Å²) in [4.78, 5) is 15.2. The quantitative estimate of drug-likeness (QED) is 0.718. The van der Waals surface area contributed by atoms with E-state index >= 15 is 0 Å². The number of aryl methyl sites for hydroxylation is 2. The first-order valence-electron chi connectivity index (χ1n) is 9.51. The molecule has 0 aliphatic carbocycles. The maximum atomic E-state index is 13.3. The van der Waals surface area contributed by atoms with Crippen molar-refractivity contribution in [3.05, 3.63) is 83.2 Å². The largest absolute Gasteiger partial charge is 0.495 e. The molecule has 0 saturated carbocycles. The van der Waals surface area contributed by atoms with Crippen molar-refractivity contribution >= 4 is 11.7 Å². The third kappa shape index (κ3) is 3.24. The van der Waals surface area contributed by atoms with E-state index in [1.54, 1.807) is 7.11 Å². The molecule has 4 rings (SSSR count). The Morgan fingerprint density at radius 2 is 1.89 bits per heavy atom. The van der Waals surface area contributed by atoms with Crippen LogP contribution in [-0.4, -0.2) is 29.2 Å². The second kappa shape index (κ2) is 7.43. The highest BCUT2D eigenvalue weighted by atomic mass is 16.5. The van der Waals surface area contributed by atoms with Gasteiger partial charge in [0.25, 0.3) is 0 Å². The molecular weight excluding hydrogens is 350 g/mol. The lowest BCUT2D eigenvalue weighted by Crippen LogP contribution is -2.44. The number of hydrogen-bond donors (Lipinski definition) is 1. The molecule has 0 radical (unpaired) electrons. The molecular formula is C23H25N3O2. The van der Waals surface area contributed by atoms with Crippen molar-refractivity contribution in [2.75, 3.05) is 19.0 Å². The minimum atomic E-state index is -0.126. The molecule has 1 N–H and O–H groups in total. The van der Waals surface area contributed by atoms with E-state index in [1.807, 2.05) is 35.2 Å². The molecule has 144 valence electrons. The predicted molar refractivity (Wildman–Crippen MR) is 111 cm³/mol. The number of hydrogen-bond acceptors (Lipinski definition) is 2. The Balaban J connectivity index is 1.71. The van der Waals surface area contributed by atoms with Crippen LogP contribution >= 0.6 is 0 Å². The van der Waals surface area contributed by atoms with Crippen molar-refractivity contribution in [2.45, 2.75) is 26.4 Å². The van der Waals surface area contributed by atoms with Crippen LogP contribution in [0, 0.1) is 13.8 Å². The Morgan fingerprint density at radius 3 is 2.68 bits per heavy atom. The maximum Gasteiger partial charge on any atom is 0.322 e. The molecule has 5 nitrogen and oxygen atoms in total. The van der Waals surface area contributed by atoms with Gasteiger partial charge in [0.15, 0.2) is 0 Å². The highest BCUT2D eigenvalue weighted by molar-refractivity contribution is 5.91. The summed E-state index contributed by atoms with van der Waals surface area (Å²) in [6, 6.07) is 17.8. The SMILES string of the molecule is COc1ccccc1NC(=O)N1CCn2cccc2C1c1ccc(C)cc1C. The van der Waals surface area contributed by atoms with Crippen LogP contribution in [0.25, 0.3) is 0 Å². The molecule has 1 atom stereocenters. The van der Waals surface area contributed by atoms with Crippen LogP contribution in [0.5, 0.6) is 5.75 Å². The topological polar surface area (TPSA) is 46.5 Å². The van der Waals surface area contributed by atoms with E-state index < -0.39 is 0 Å². The van der Waals surface area contributed by atoms with Crippen LogP contribution in [0.15, 0.2) is 60.8 Å². The number of amides is 2. The van der Waals surface area contributed by atoms with Gasteiger partial charge < -0.3 is 19.5 Å². The number of aromatic nitrogens is 1. The lowest BCUT2D eigenvalue weighted by molar-refractivity contribution is 0.181. The van der Waals surface area contributed by atoms with Gasteiger partial charge in [0.2, 0.25) is 0 Å². The average Bonchev–Trinajstić information content (AvgIpc) is 3.17. The fraction of sp³-hybridized carbons (Fsp3) is 0.261. The van der Waals surface area contributed by atoms with E-state index in [9.17, 15) is 4.79 Å². The van der Waals surface area contributed by atoms with Gasteiger partial charge in [0.1, 0.15) is 5.75 Å². The van der Waals surface area contributed by atoms with Gasteiger partial charge in [-0.15, -0.1) is 0 Å². The van der Waals surface area contributed by atoms with Gasteiger partial charge in [-0.2, -0.15) is 0 Å². The molecule has 0 fully saturated rings. The van der Waals surface area contributed by atoms with Crippen molar-refractivity contribution in [1.82, 2.24) is 9.47 Å². The number of anilines is 1. The second-order valence-electron chi connectivity index (χ2n) is 7.21. The van der Waals surface area contributed by atoms with Gasteiger partial charge in [0.05, 0.1) is 18.8 Å². The number of urea groups is 1. The van der Waals surface area contributed by atoms with Crippen molar-refractivity contribution < 1.29 is 9.53 Å². The summed E-state index contributed by atoms with van der Waals surface area (Å²) in [6.45, 7) is 5.62. The number of nitrogens with zero attached hydrogens (tertiary/aromatic N) is 2. The number of carbonyl (C=O) groups is 1. The van der Waals surface area contributed by atoms with Crippen molar-refractivity contribution in [1.29, 1.82) is 0 Å². The summed E-state index contributed by atoms with van der Waals surface area (Å²) in [5.41, 5.74) is 5.37. The molecule has 0 saturated heterocycles. The van der Waals surface area contributed by atoms with E-state index in [-0.39, 0.29) is 12.1 Å². The molecule has 1 unspecified atom stereocenters. The van der Waals surface area contributed by atoms with Crippen LogP contribution in [0.2, 0.25) is 0 Å². The number of methoxy groups -OCH3 is 1. The molecule has 5 heteroatoms. The molecule has 1 aliphatic heterocycles. The monoisotopic (exact) mass is 375 g/mol. The molecule has 0 bridgehead atoms. The summed E-state index contributed by atoms with van der Waals surface area (Å²) in [5.74, 6) is 0.652. The standard InChI is InChI=1S/C23H25N3O2/c1-16-10-11-18(17(2)15-16)22-20-8-6-12-25(20)13-14-26(22)23(27)24-19-7-4-5-9-21(19)28-3/h4-12,15,22H,13-14H2,1-3H3,(H,24,27). The minimum Gasteiger partial charge on any atom is -0.495 e. The normalized spacial score (nSPS) is 15.8. The van der Waals surface area contributed by atoms with E-state index in [0.29, 0.717) is 18.0 Å². The van der Waals surface area contributed by atoms with Crippen molar-refractivity contribution in [3.63, 3.8) is 0 Å². The van der Waals surface area contributed by atoms with Gasteiger partial charge >= 0.3 is 6.03 Å². The number of rotatable bonds is 3. The zero-order valence-corrected chi connectivity index (χ0v) is 16.5. The lowest BCUT2D eigenvalue weighted by atomic mass is 9.94. The molecule has 2 amide bonds. The Kier molecular flexibility index (Phi) is 4.82. The number of fused-ring (bicyclic) bond motifs is 1. The molecule has 28 heavy (non-hydrogen) atoms. The van der Waals surface area contributed by atoms with E-state index in [2.05, 4.69) is 54.2 Å². The van der Waals surface area contributed by atoms with Gasteiger partial charge in [-0.1, -0.05) is 35.9 Å². The van der Waals surface area contributed by atoms with E-state index in [0.717, 1.165) is 17.8 Å². The molecule has 2 aromatic carbocycles. The first-order valence-corrected chi connectivity index (χ1v) is 9.51. The summed E-state index contributed by atoms with van der Waals surface area (Å²) >= 11 is 0. The first kappa shape index (κ1) is 18.2. The number of ether oxygens (including phenoxy) is 1. The second-order valence-corrected chi connectivity index (χ2v) is 7.21. The number of nitrogens with one attached hydrogen (secondary N) is 1. The smallest absolute Gasteiger partial charge is 0.322 e. The molecule has 2 heterocycles. The van der Waals surface area contributed by atoms with Crippen LogP contribution in [0.3, 0.4) is 0 Å². The number of benzene rings is 2. The summed E-state index contributed by atoms with van der Waals surface area (Å²) in [7, 11) is 1.61. The third-order valence-corrected chi connectivity index (χ3v) is 5.37. The summed E-state index contributed by atoms with van der Waals surface area (Å²) in [5, 5.41) is 3.04. The third-order valence-electron chi connectivity index (χ3n) is 5.37. The maximum absolute atomic E-state index is 13.3. The van der Waals surface area contributed by atoms with Crippen LogP contribution < -0.4 is 10.1 Å². The zero-order valence-electron chi connectivity index (χ0n) is 16.5. The van der Waals surface area contributed by atoms with Crippen molar-refractivity contribution in [2.24, 2.45) is 0 Å². The van der Waals surface area contributed by atoms with Gasteiger partial charge in [-0.25, -0.2) is 4.79 Å². The number of carbonyl (C=O) groups excluding carboxylic acids is 1. The number of para-hydroxylation sites is 2.